The molecule has 22 rings (SSSR count). The van der Waals surface area contributed by atoms with Gasteiger partial charge in [0, 0.05) is 111 Å². The Hall–Kier alpha value is -18.3. The minimum atomic E-state index is 0.423. The first-order valence-electron chi connectivity index (χ1n) is 42.8. The van der Waals surface area contributed by atoms with Gasteiger partial charge in [0.05, 0.1) is 45.1 Å². The van der Waals surface area contributed by atoms with Crippen LogP contribution in [0.4, 0.5) is 0 Å². The molecule has 0 atom stereocenters. The van der Waals surface area contributed by atoms with E-state index in [1.165, 1.54) is 0 Å². The number of rotatable bonds is 20. The summed E-state index contributed by atoms with van der Waals surface area (Å²) in [5.41, 5.74) is 18.6. The van der Waals surface area contributed by atoms with Crippen LogP contribution >= 0.6 is 0 Å². The summed E-state index contributed by atoms with van der Waals surface area (Å²) in [6.45, 7) is 5.94. The molecule has 0 bridgehead atoms. The van der Waals surface area contributed by atoms with Crippen molar-refractivity contribution in [2.75, 3.05) is 0 Å². The van der Waals surface area contributed by atoms with E-state index in [1.54, 1.807) is 6.08 Å². The van der Waals surface area contributed by atoms with E-state index < -0.39 is 0 Å². The Kier molecular flexibility index (Phi) is 20.6. The fraction of sp³-hybridized carbons (Fsp3) is 0.00885. The number of allylic oxidation sites excluding steroid dienone is 5. The van der Waals surface area contributed by atoms with Crippen LogP contribution in [0.15, 0.2) is 413 Å². The lowest BCUT2D eigenvalue weighted by Crippen LogP contribution is -2.05. The molecule has 0 N–H and O–H groups in total. The van der Waals surface area contributed by atoms with Gasteiger partial charge in [0.2, 0.25) is 0 Å². The van der Waals surface area contributed by atoms with Crippen molar-refractivity contribution < 1.29 is 0 Å². The number of hydrogen-bond acceptors (Lipinski definition) is 16. The number of nitrogens with zero attached hydrogens (tertiary/aromatic N) is 18. The normalized spacial score (nSPS) is 11.6. The summed E-state index contributed by atoms with van der Waals surface area (Å²) in [6.07, 6.45) is 7.52. The van der Waals surface area contributed by atoms with Crippen molar-refractivity contribution in [3.8, 4) is 188 Å². The van der Waals surface area contributed by atoms with Gasteiger partial charge in [0.1, 0.15) is 0 Å². The van der Waals surface area contributed by atoms with Crippen LogP contribution in [-0.2, 0) is 0 Å². The molecule has 0 radical (unpaired) electrons. The maximum Gasteiger partial charge on any atom is 0.164 e. The van der Waals surface area contributed by atoms with E-state index in [0.717, 1.165) is 138 Å². The predicted molar refractivity (Wildman–Crippen MR) is 521 cm³/mol. The van der Waals surface area contributed by atoms with Crippen molar-refractivity contribution in [2.45, 2.75) is 6.92 Å². The van der Waals surface area contributed by atoms with Crippen molar-refractivity contribution in [3.05, 3.63) is 424 Å². The van der Waals surface area contributed by atoms with Crippen molar-refractivity contribution in [1.29, 1.82) is 5.26 Å². The molecule has 0 amide bonds. The molecule has 18 nitrogen and oxygen atoms in total. The monoisotopic (exact) mass is 1680 g/mol. The van der Waals surface area contributed by atoms with E-state index in [9.17, 15) is 5.26 Å². The van der Waals surface area contributed by atoms with Gasteiger partial charge in [-0.1, -0.05) is 322 Å². The van der Waals surface area contributed by atoms with Crippen molar-refractivity contribution >= 4 is 49.2 Å². The molecule has 18 heteroatoms. The highest BCUT2D eigenvalue weighted by molar-refractivity contribution is 6.14. The van der Waals surface area contributed by atoms with E-state index in [2.05, 4.69) is 119 Å². The molecule has 0 saturated heterocycles. The summed E-state index contributed by atoms with van der Waals surface area (Å²) in [5, 5.41) is 14.9. The summed E-state index contributed by atoms with van der Waals surface area (Å²) in [4.78, 5) is 78.9. The topological polar surface area (TPSA) is 227 Å². The Labute approximate surface area is 753 Å². The Bertz CT molecular complexity index is 7680. The van der Waals surface area contributed by atoms with Crippen molar-refractivity contribution in [1.82, 2.24) is 83.9 Å². The molecule has 0 saturated carbocycles. The van der Waals surface area contributed by atoms with Gasteiger partial charge >= 0.3 is 0 Å². The number of benzene rings is 15. The maximum absolute atomic E-state index is 11.5. The molecule has 0 fully saturated rings. The van der Waals surface area contributed by atoms with Crippen LogP contribution in [0.3, 0.4) is 0 Å². The SMILES string of the molecule is C=C/C=C\C=C(/C)c1nc(-c2ccccc2)nc(-c2ccc(-c3ccc(C#N)cc3-n3c4ccc(-c5nc(-c6ccccc6)nc(-c6ccccc6)n5)cc4c4cc(-c5nc(-c6ccccc6)nc(-c6ccccc6)n5)ccc43)c(-n3c4ccc(-c5nc(-c6ccccc6)nc(-c6ccccc6)n5)cc4c4cc(-c5nc(-c6ccccc6)nc(-c6ccccc6)n5)ccc43)c2)n1. The highest BCUT2D eigenvalue weighted by Crippen LogP contribution is 2.46. The van der Waals surface area contributed by atoms with Gasteiger partial charge in [-0.3, -0.25) is 0 Å². The Morgan fingerprint density at radius 3 is 0.702 bits per heavy atom. The molecule has 15 aromatic carbocycles. The standard InChI is InChI=1S/C113H72N18/c1-3-4-14-33-71(2)99-115-100(73-34-15-5-16-35-73)121-113(116-99)86-53-59-88(98(69-86)131-95-62-56-84(111-126-105(78-44-25-10-26-45-78)119-106(127-111)79-46-27-11-28-47-79)67-91(95)92-68-85(57-63-96(92)131)112-128-107(80-48-29-12-30-49-80)120-108(129-112)81-50-31-13-32-51-81)87-58-52-72(70-114)64-97(87)130-93-60-54-82(109-122-101(74-36-17-6-18-37-74)117-102(123-109)75-38-19-7-20-39-75)65-89(93)90-66-83(55-61-94(90)130)110-124-103(76-40-21-8-22-41-76)118-104(125-110)77-42-23-9-24-43-77/h3-69H,1H2,2H3/b14-4-,71-33+. The summed E-state index contributed by atoms with van der Waals surface area (Å²) < 4.78 is 4.58. The molecule has 0 aliphatic carbocycles. The largest absolute Gasteiger partial charge is 0.309 e. The van der Waals surface area contributed by atoms with Gasteiger partial charge in [-0.05, 0) is 103 Å². The average Bonchev–Trinajstić information content (AvgIpc) is 1.57. The molecule has 7 aromatic heterocycles. The van der Waals surface area contributed by atoms with Crippen molar-refractivity contribution in [3.63, 3.8) is 0 Å². The van der Waals surface area contributed by atoms with Gasteiger partial charge in [-0.15, -0.1) is 0 Å². The molecule has 0 spiro atoms. The molecule has 614 valence electrons. The molecule has 131 heavy (non-hydrogen) atoms. The van der Waals surface area contributed by atoms with Crippen LogP contribution in [-0.4, -0.2) is 83.9 Å². The second kappa shape index (κ2) is 34.3. The van der Waals surface area contributed by atoms with Gasteiger partial charge < -0.3 is 9.13 Å². The van der Waals surface area contributed by atoms with Crippen LogP contribution in [0.5, 0.6) is 0 Å². The number of hydrogen-bond donors (Lipinski definition) is 0. The zero-order chi connectivity index (χ0) is 87.7. The van der Waals surface area contributed by atoms with Crippen LogP contribution in [0.2, 0.25) is 0 Å². The summed E-state index contributed by atoms with van der Waals surface area (Å²) >= 11 is 0. The minimum Gasteiger partial charge on any atom is -0.309 e. The minimum absolute atomic E-state index is 0.423. The van der Waals surface area contributed by atoms with E-state index in [1.807, 2.05) is 310 Å². The van der Waals surface area contributed by atoms with Crippen molar-refractivity contribution in [2.24, 2.45) is 0 Å². The zero-order valence-electron chi connectivity index (χ0n) is 70.4. The second-order valence-corrected chi connectivity index (χ2v) is 31.5. The first-order chi connectivity index (χ1) is 64.7. The number of aromatic nitrogens is 17. The third-order valence-electron chi connectivity index (χ3n) is 23.1. The highest BCUT2D eigenvalue weighted by Gasteiger charge is 2.28. The molecule has 0 aliphatic rings. The summed E-state index contributed by atoms with van der Waals surface area (Å²) in [6, 6.07) is 130. The molecule has 22 aromatic rings. The first kappa shape index (κ1) is 78.6. The predicted octanol–water partition coefficient (Wildman–Crippen LogP) is 25.8. The molecule has 0 unspecified atom stereocenters. The molecular weight excluding hydrogens is 1610 g/mol. The Morgan fingerprint density at radius 2 is 0.450 bits per heavy atom. The van der Waals surface area contributed by atoms with Crippen LogP contribution in [0.25, 0.3) is 231 Å². The lowest BCUT2D eigenvalue weighted by molar-refractivity contribution is 1.03. The van der Waals surface area contributed by atoms with E-state index >= 15 is 0 Å². The first-order valence-corrected chi connectivity index (χ1v) is 42.8. The van der Waals surface area contributed by atoms with E-state index in [4.69, 9.17) is 74.8 Å². The van der Waals surface area contributed by atoms with Crippen LogP contribution in [0.1, 0.15) is 18.3 Å². The third-order valence-corrected chi connectivity index (χ3v) is 23.1. The third kappa shape index (κ3) is 15.5. The number of nitriles is 1. The van der Waals surface area contributed by atoms with Crippen LogP contribution in [0, 0.1) is 11.3 Å². The Balaban J connectivity index is 0.822. The smallest absolute Gasteiger partial charge is 0.164 e. The Morgan fingerprint density at radius 1 is 0.237 bits per heavy atom. The van der Waals surface area contributed by atoms with Gasteiger partial charge in [-0.25, -0.2) is 74.8 Å². The number of fused-ring (bicyclic) bond motifs is 6. The molecule has 0 aliphatic heterocycles. The van der Waals surface area contributed by atoms with E-state index in [0.29, 0.717) is 104 Å². The molecule has 7 heterocycles. The second-order valence-electron chi connectivity index (χ2n) is 31.5. The maximum atomic E-state index is 11.5. The molecular formula is C113H72N18. The van der Waals surface area contributed by atoms with Crippen LogP contribution < -0.4 is 0 Å². The lowest BCUT2D eigenvalue weighted by atomic mass is 9.97. The van der Waals surface area contributed by atoms with Gasteiger partial charge in [-0.2, -0.15) is 5.26 Å². The summed E-state index contributed by atoms with van der Waals surface area (Å²) in [5.74, 6) is 7.44. The van der Waals surface area contributed by atoms with Gasteiger partial charge in [0.25, 0.3) is 0 Å². The lowest BCUT2D eigenvalue weighted by Gasteiger charge is -2.20. The summed E-state index contributed by atoms with van der Waals surface area (Å²) in [7, 11) is 0. The average molecular weight is 1680 g/mol. The fourth-order valence-corrected chi connectivity index (χ4v) is 16.7. The fourth-order valence-electron chi connectivity index (χ4n) is 16.7. The quantitative estimate of drug-likeness (QED) is 0.0646. The zero-order valence-corrected chi connectivity index (χ0v) is 70.4. The highest BCUT2D eigenvalue weighted by atomic mass is 15.1. The van der Waals surface area contributed by atoms with E-state index in [-0.39, 0.29) is 0 Å². The van der Waals surface area contributed by atoms with Gasteiger partial charge in [0.15, 0.2) is 87.4 Å².